The molecule has 0 saturated carbocycles. The van der Waals surface area contributed by atoms with Crippen molar-refractivity contribution in [3.05, 3.63) is 43.1 Å². The van der Waals surface area contributed by atoms with E-state index in [9.17, 15) is 4.79 Å². The molecule has 0 bridgehead atoms. The zero-order chi connectivity index (χ0) is 18.2. The zero-order valence-corrected chi connectivity index (χ0v) is 14.3. The molecule has 0 radical (unpaired) electrons. The van der Waals surface area contributed by atoms with E-state index in [0.29, 0.717) is 6.42 Å². The fourth-order valence-electron chi connectivity index (χ4n) is 2.69. The molecule has 0 aromatic carbocycles. The lowest BCUT2D eigenvalue weighted by atomic mass is 10.1. The van der Waals surface area contributed by atoms with Crippen LogP contribution in [-0.2, 0) is 4.79 Å². The van der Waals surface area contributed by atoms with Crippen LogP contribution in [0.1, 0.15) is 32.1 Å². The van der Waals surface area contributed by atoms with Gasteiger partial charge in [-0.2, -0.15) is 0 Å². The van der Waals surface area contributed by atoms with Gasteiger partial charge in [0.15, 0.2) is 17.3 Å². The summed E-state index contributed by atoms with van der Waals surface area (Å²) in [6.07, 6.45) is 12.4. The van der Waals surface area contributed by atoms with E-state index >= 15 is 0 Å². The van der Waals surface area contributed by atoms with Crippen LogP contribution in [0.25, 0.3) is 5.65 Å². The highest BCUT2D eigenvalue weighted by Crippen LogP contribution is 2.21. The third-order valence-electron chi connectivity index (χ3n) is 4.00. The van der Waals surface area contributed by atoms with Crippen LogP contribution in [-0.4, -0.2) is 42.2 Å². The fraction of sp³-hybridized carbons (Fsp3) is 0.353. The number of carbonyl (C=O) groups excluding carboxylic acids is 1. The Labute approximate surface area is 150 Å². The number of anilines is 2. The molecule has 0 atom stereocenters. The largest absolute Gasteiger partial charge is 0.308 e. The molecule has 9 heteroatoms. The van der Waals surface area contributed by atoms with E-state index in [1.54, 1.807) is 41.0 Å². The van der Waals surface area contributed by atoms with Gasteiger partial charge in [0.2, 0.25) is 5.91 Å². The second-order valence-electron chi connectivity index (χ2n) is 5.84. The Balaban J connectivity index is 1.64. The lowest BCUT2D eigenvalue weighted by molar-refractivity contribution is -0.129. The van der Waals surface area contributed by atoms with Crippen LogP contribution in [0.3, 0.4) is 0 Å². The molecular formula is C17H21N7O2. The minimum Gasteiger partial charge on any atom is -0.308 e. The average molecular weight is 355 g/mol. The number of nitrogens with one attached hydrogen (secondary N) is 1. The smallest absolute Gasteiger partial charge is 0.243 e. The van der Waals surface area contributed by atoms with Gasteiger partial charge in [0.25, 0.3) is 0 Å². The third-order valence-corrected chi connectivity index (χ3v) is 4.00. The second kappa shape index (κ2) is 8.86. The maximum Gasteiger partial charge on any atom is 0.243 e. The van der Waals surface area contributed by atoms with Crippen molar-refractivity contribution in [2.75, 3.05) is 11.4 Å². The van der Waals surface area contributed by atoms with Crippen LogP contribution in [0.5, 0.6) is 0 Å². The first kappa shape index (κ1) is 17.7. The number of aromatic nitrogens is 5. The number of amides is 1. The lowest BCUT2D eigenvalue weighted by Crippen LogP contribution is -2.21. The molecule has 3 rings (SSSR count). The van der Waals surface area contributed by atoms with Gasteiger partial charge in [-0.1, -0.05) is 12.8 Å². The first-order chi connectivity index (χ1) is 12.8. The van der Waals surface area contributed by atoms with Crippen molar-refractivity contribution in [2.24, 2.45) is 0 Å². The molecule has 0 spiro atoms. The number of fused-ring (bicyclic) bond motifs is 1. The van der Waals surface area contributed by atoms with Crippen molar-refractivity contribution in [3.8, 4) is 0 Å². The minimum atomic E-state index is -0.343. The maximum absolute atomic E-state index is 11.0. The summed E-state index contributed by atoms with van der Waals surface area (Å²) in [5.74, 6) is 1.17. The summed E-state index contributed by atoms with van der Waals surface area (Å²) in [6.45, 7) is 0.734. The van der Waals surface area contributed by atoms with Crippen LogP contribution < -0.4 is 10.4 Å². The molecule has 2 N–H and O–H groups in total. The van der Waals surface area contributed by atoms with Crippen molar-refractivity contribution in [2.45, 2.75) is 32.1 Å². The molecule has 0 saturated heterocycles. The average Bonchev–Trinajstić information content (AvgIpc) is 3.15. The van der Waals surface area contributed by atoms with Gasteiger partial charge >= 0.3 is 0 Å². The molecule has 26 heavy (non-hydrogen) atoms. The lowest BCUT2D eigenvalue weighted by Gasteiger charge is -2.22. The zero-order valence-electron chi connectivity index (χ0n) is 14.3. The minimum absolute atomic E-state index is 0.337. The first-order valence-electron chi connectivity index (χ1n) is 8.55. The summed E-state index contributed by atoms with van der Waals surface area (Å²) in [5.41, 5.74) is 2.44. The molecule has 3 aromatic rings. The maximum atomic E-state index is 11.0. The van der Waals surface area contributed by atoms with Gasteiger partial charge in [0, 0.05) is 37.8 Å². The number of hydroxylamine groups is 1. The summed E-state index contributed by atoms with van der Waals surface area (Å²) < 4.78 is 1.73. The Bertz CT molecular complexity index is 837. The number of carbonyl (C=O) groups is 1. The second-order valence-corrected chi connectivity index (χ2v) is 5.84. The normalized spacial score (nSPS) is 10.8. The molecule has 0 unspecified atom stereocenters. The van der Waals surface area contributed by atoms with Crippen LogP contribution in [0.4, 0.5) is 11.6 Å². The molecule has 136 valence electrons. The van der Waals surface area contributed by atoms with Crippen molar-refractivity contribution in [1.82, 2.24) is 30.0 Å². The summed E-state index contributed by atoms with van der Waals surface area (Å²) >= 11 is 0. The number of nitrogens with zero attached hydrogens (tertiary/aromatic N) is 6. The predicted molar refractivity (Wildman–Crippen MR) is 95.0 cm³/mol. The van der Waals surface area contributed by atoms with E-state index < -0.39 is 0 Å². The fourth-order valence-corrected chi connectivity index (χ4v) is 2.69. The van der Waals surface area contributed by atoms with E-state index in [4.69, 9.17) is 5.21 Å². The quantitative estimate of drug-likeness (QED) is 0.344. The Morgan fingerprint density at radius 1 is 1.08 bits per heavy atom. The van der Waals surface area contributed by atoms with E-state index in [1.807, 2.05) is 17.0 Å². The number of unbranched alkanes of at least 4 members (excludes halogenated alkanes) is 3. The van der Waals surface area contributed by atoms with Gasteiger partial charge in [-0.25, -0.2) is 20.0 Å². The summed E-state index contributed by atoms with van der Waals surface area (Å²) in [6, 6.07) is 3.84. The van der Waals surface area contributed by atoms with Gasteiger partial charge in [-0.15, -0.1) is 5.10 Å². The highest BCUT2D eigenvalue weighted by atomic mass is 16.5. The van der Waals surface area contributed by atoms with Crippen LogP contribution in [0, 0.1) is 0 Å². The SMILES string of the molecule is O=C(CCCCCCN(c1cnccn1)c1ccc2nccn2n1)NO. The number of hydrogen-bond donors (Lipinski definition) is 2. The topological polar surface area (TPSA) is 109 Å². The molecule has 9 nitrogen and oxygen atoms in total. The molecule has 0 fully saturated rings. The number of hydrogen-bond acceptors (Lipinski definition) is 7. The highest BCUT2D eigenvalue weighted by molar-refractivity contribution is 5.74. The number of rotatable bonds is 9. The van der Waals surface area contributed by atoms with Crippen LogP contribution in [0.2, 0.25) is 0 Å². The van der Waals surface area contributed by atoms with E-state index in [2.05, 4.69) is 20.1 Å². The standard InChI is InChI=1S/C17H21N7O2/c25-17(22-26)5-3-1-2-4-11-23(16-13-18-8-9-19-16)15-7-6-14-20-10-12-24(14)21-15/h6-10,12-13,26H,1-5,11H2,(H,22,25). The Morgan fingerprint density at radius 3 is 2.77 bits per heavy atom. The van der Waals surface area contributed by atoms with Gasteiger partial charge in [-0.05, 0) is 25.0 Å². The van der Waals surface area contributed by atoms with Gasteiger partial charge in [0.1, 0.15) is 0 Å². The summed E-state index contributed by atoms with van der Waals surface area (Å²) in [5, 5.41) is 13.1. The molecular weight excluding hydrogens is 334 g/mol. The van der Waals surface area contributed by atoms with Crippen molar-refractivity contribution < 1.29 is 10.0 Å². The van der Waals surface area contributed by atoms with Gasteiger partial charge < -0.3 is 4.90 Å². The van der Waals surface area contributed by atoms with E-state index in [-0.39, 0.29) is 5.91 Å². The first-order valence-corrected chi connectivity index (χ1v) is 8.55. The van der Waals surface area contributed by atoms with Gasteiger partial charge in [0.05, 0.1) is 6.20 Å². The molecule has 1 amide bonds. The van der Waals surface area contributed by atoms with Crippen molar-refractivity contribution in [3.63, 3.8) is 0 Å². The van der Waals surface area contributed by atoms with Crippen LogP contribution >= 0.6 is 0 Å². The molecule has 3 heterocycles. The molecule has 0 aliphatic rings. The van der Waals surface area contributed by atoms with Crippen molar-refractivity contribution >= 4 is 23.2 Å². The molecule has 0 aliphatic carbocycles. The summed E-state index contributed by atoms with van der Waals surface area (Å²) in [7, 11) is 0. The molecule has 3 aromatic heterocycles. The number of imidazole rings is 1. The summed E-state index contributed by atoms with van der Waals surface area (Å²) in [4.78, 5) is 25.8. The third kappa shape index (κ3) is 4.51. The Morgan fingerprint density at radius 2 is 1.96 bits per heavy atom. The van der Waals surface area contributed by atoms with E-state index in [1.165, 1.54) is 0 Å². The predicted octanol–water partition coefficient (Wildman–Crippen LogP) is 2.11. The Hall–Kier alpha value is -3.07. The van der Waals surface area contributed by atoms with Crippen molar-refractivity contribution in [1.29, 1.82) is 0 Å². The molecule has 0 aliphatic heterocycles. The van der Waals surface area contributed by atoms with Crippen LogP contribution in [0.15, 0.2) is 43.1 Å². The van der Waals surface area contributed by atoms with E-state index in [0.717, 1.165) is 49.5 Å². The van der Waals surface area contributed by atoms with Gasteiger partial charge in [-0.3, -0.25) is 15.0 Å². The monoisotopic (exact) mass is 355 g/mol. The highest BCUT2D eigenvalue weighted by Gasteiger charge is 2.13. The Kier molecular flexibility index (Phi) is 6.05.